The van der Waals surface area contributed by atoms with E-state index in [0.29, 0.717) is 30.9 Å². The SMILES string of the molecule is O=C(Nc1ccccc1)c1nc2c(s1)CCN(C(=O)Nc1ccccc1)CC2. The summed E-state index contributed by atoms with van der Waals surface area (Å²) in [6.45, 7) is 1.18. The first-order chi connectivity index (χ1) is 13.7. The summed E-state index contributed by atoms with van der Waals surface area (Å²) in [6.07, 6.45) is 1.35. The number of benzene rings is 2. The smallest absolute Gasteiger partial charge is 0.321 e. The second-order valence-electron chi connectivity index (χ2n) is 6.49. The average molecular weight is 392 g/mol. The van der Waals surface area contributed by atoms with E-state index in [2.05, 4.69) is 15.6 Å². The summed E-state index contributed by atoms with van der Waals surface area (Å²) in [5, 5.41) is 6.26. The zero-order valence-electron chi connectivity index (χ0n) is 15.2. The topological polar surface area (TPSA) is 74.3 Å². The highest BCUT2D eigenvalue weighted by Gasteiger charge is 2.23. The standard InChI is InChI=1S/C21H20N4O2S/c26-19(22-15-7-3-1-4-8-15)20-24-17-11-13-25(14-12-18(17)28-20)21(27)23-16-9-5-2-6-10-16/h1-10H,11-14H2,(H,22,26)(H,23,27). The third-order valence-electron chi connectivity index (χ3n) is 4.54. The van der Waals surface area contributed by atoms with E-state index in [-0.39, 0.29) is 11.9 Å². The van der Waals surface area contributed by atoms with Crippen LogP contribution in [-0.4, -0.2) is 34.9 Å². The number of carbonyl (C=O) groups excluding carboxylic acids is 2. The van der Waals surface area contributed by atoms with Crippen molar-refractivity contribution in [1.82, 2.24) is 9.88 Å². The fourth-order valence-electron chi connectivity index (χ4n) is 3.09. The summed E-state index contributed by atoms with van der Waals surface area (Å²) in [4.78, 5) is 32.4. The number of anilines is 2. The Morgan fingerprint density at radius 2 is 1.46 bits per heavy atom. The van der Waals surface area contributed by atoms with E-state index in [1.807, 2.05) is 60.7 Å². The number of para-hydroxylation sites is 2. The fraction of sp³-hybridized carbons (Fsp3) is 0.190. The molecule has 0 aliphatic carbocycles. The number of nitrogens with zero attached hydrogens (tertiary/aromatic N) is 2. The van der Waals surface area contributed by atoms with Gasteiger partial charge in [-0.2, -0.15) is 0 Å². The molecule has 28 heavy (non-hydrogen) atoms. The number of amides is 3. The molecular weight excluding hydrogens is 372 g/mol. The van der Waals surface area contributed by atoms with Crippen molar-refractivity contribution in [2.45, 2.75) is 12.8 Å². The van der Waals surface area contributed by atoms with Gasteiger partial charge in [0.1, 0.15) is 0 Å². The van der Waals surface area contributed by atoms with Crippen LogP contribution in [0.5, 0.6) is 0 Å². The fourth-order valence-corrected chi connectivity index (χ4v) is 4.09. The quantitative estimate of drug-likeness (QED) is 0.707. The summed E-state index contributed by atoms with van der Waals surface area (Å²) in [7, 11) is 0. The first-order valence-corrected chi connectivity index (χ1v) is 9.96. The molecule has 6 nitrogen and oxygen atoms in total. The van der Waals surface area contributed by atoms with Crippen LogP contribution < -0.4 is 10.6 Å². The number of carbonyl (C=O) groups is 2. The molecule has 0 fully saturated rings. The number of nitrogens with one attached hydrogen (secondary N) is 2. The maximum absolute atomic E-state index is 12.5. The highest BCUT2D eigenvalue weighted by atomic mass is 32.1. The molecule has 2 N–H and O–H groups in total. The first kappa shape index (κ1) is 18.2. The molecule has 0 saturated heterocycles. The number of hydrogen-bond donors (Lipinski definition) is 2. The van der Waals surface area contributed by atoms with E-state index in [4.69, 9.17) is 0 Å². The Balaban J connectivity index is 1.38. The van der Waals surface area contributed by atoms with Crippen molar-refractivity contribution in [1.29, 1.82) is 0 Å². The van der Waals surface area contributed by atoms with E-state index in [0.717, 1.165) is 21.9 Å². The molecular formula is C21H20N4O2S. The molecule has 2 aromatic carbocycles. The Morgan fingerprint density at radius 3 is 2.14 bits per heavy atom. The van der Waals surface area contributed by atoms with Crippen LogP contribution in [0.4, 0.5) is 16.2 Å². The van der Waals surface area contributed by atoms with E-state index in [1.54, 1.807) is 4.90 Å². The summed E-state index contributed by atoms with van der Waals surface area (Å²) in [5.41, 5.74) is 2.45. The number of hydrogen-bond acceptors (Lipinski definition) is 4. The minimum Gasteiger partial charge on any atom is -0.324 e. The molecule has 0 spiro atoms. The summed E-state index contributed by atoms with van der Waals surface area (Å²) < 4.78 is 0. The molecule has 3 amide bonds. The first-order valence-electron chi connectivity index (χ1n) is 9.15. The van der Waals surface area contributed by atoms with Gasteiger partial charge >= 0.3 is 6.03 Å². The maximum atomic E-state index is 12.5. The summed E-state index contributed by atoms with van der Waals surface area (Å²) >= 11 is 1.41. The zero-order chi connectivity index (χ0) is 19.3. The predicted octanol–water partition coefficient (Wildman–Crippen LogP) is 4.03. The van der Waals surface area contributed by atoms with Crippen molar-refractivity contribution < 1.29 is 9.59 Å². The molecule has 4 rings (SSSR count). The van der Waals surface area contributed by atoms with Crippen molar-refractivity contribution in [3.05, 3.63) is 76.2 Å². The molecule has 0 saturated carbocycles. The highest BCUT2D eigenvalue weighted by Crippen LogP contribution is 2.24. The molecule has 0 bridgehead atoms. The van der Waals surface area contributed by atoms with Crippen molar-refractivity contribution in [3.8, 4) is 0 Å². The van der Waals surface area contributed by atoms with Gasteiger partial charge in [-0.25, -0.2) is 9.78 Å². The van der Waals surface area contributed by atoms with Gasteiger partial charge in [-0.15, -0.1) is 11.3 Å². The van der Waals surface area contributed by atoms with Gasteiger partial charge in [0.2, 0.25) is 0 Å². The van der Waals surface area contributed by atoms with E-state index in [9.17, 15) is 9.59 Å². The molecule has 1 aromatic heterocycles. The maximum Gasteiger partial charge on any atom is 0.321 e. The Bertz CT molecular complexity index is 947. The lowest BCUT2D eigenvalue weighted by molar-refractivity contribution is 0.102. The van der Waals surface area contributed by atoms with Gasteiger partial charge in [-0.3, -0.25) is 4.79 Å². The zero-order valence-corrected chi connectivity index (χ0v) is 16.0. The van der Waals surface area contributed by atoms with Crippen LogP contribution in [0, 0.1) is 0 Å². The van der Waals surface area contributed by atoms with Gasteiger partial charge in [0, 0.05) is 42.2 Å². The van der Waals surface area contributed by atoms with Gasteiger partial charge in [0.25, 0.3) is 5.91 Å². The lowest BCUT2D eigenvalue weighted by atomic mass is 10.2. The summed E-state index contributed by atoms with van der Waals surface area (Å²) in [6, 6.07) is 18.7. The molecule has 1 aliphatic heterocycles. The third kappa shape index (κ3) is 4.20. The monoisotopic (exact) mass is 392 g/mol. The second kappa shape index (κ2) is 8.22. The molecule has 0 unspecified atom stereocenters. The van der Waals surface area contributed by atoms with Crippen LogP contribution in [0.15, 0.2) is 60.7 Å². The van der Waals surface area contributed by atoms with Gasteiger partial charge in [0.15, 0.2) is 5.01 Å². The Kier molecular flexibility index (Phi) is 5.34. The van der Waals surface area contributed by atoms with Crippen LogP contribution in [0.2, 0.25) is 0 Å². The number of thiazole rings is 1. The number of fused-ring (bicyclic) bond motifs is 1. The number of aromatic nitrogens is 1. The second-order valence-corrected chi connectivity index (χ2v) is 7.58. The molecule has 2 heterocycles. The van der Waals surface area contributed by atoms with Crippen molar-refractivity contribution in [2.75, 3.05) is 23.7 Å². The van der Waals surface area contributed by atoms with Crippen molar-refractivity contribution in [2.24, 2.45) is 0 Å². The molecule has 0 atom stereocenters. The Hall–Kier alpha value is -3.19. The minimum atomic E-state index is -0.192. The van der Waals surface area contributed by atoms with Gasteiger partial charge in [-0.1, -0.05) is 36.4 Å². The van der Waals surface area contributed by atoms with Crippen LogP contribution in [0.25, 0.3) is 0 Å². The van der Waals surface area contributed by atoms with E-state index >= 15 is 0 Å². The predicted molar refractivity (Wildman–Crippen MR) is 111 cm³/mol. The number of urea groups is 1. The van der Waals surface area contributed by atoms with Crippen LogP contribution in [0.1, 0.15) is 20.4 Å². The molecule has 142 valence electrons. The molecule has 7 heteroatoms. The lowest BCUT2D eigenvalue weighted by Crippen LogP contribution is -2.36. The van der Waals surface area contributed by atoms with Crippen LogP contribution >= 0.6 is 11.3 Å². The van der Waals surface area contributed by atoms with Gasteiger partial charge in [0.05, 0.1) is 5.69 Å². The Labute approximate surface area is 167 Å². The van der Waals surface area contributed by atoms with Crippen LogP contribution in [-0.2, 0) is 12.8 Å². The molecule has 0 radical (unpaired) electrons. The van der Waals surface area contributed by atoms with E-state index < -0.39 is 0 Å². The highest BCUT2D eigenvalue weighted by molar-refractivity contribution is 7.13. The minimum absolute atomic E-state index is 0.108. The molecule has 1 aliphatic rings. The van der Waals surface area contributed by atoms with E-state index in [1.165, 1.54) is 11.3 Å². The normalized spacial score (nSPS) is 13.4. The third-order valence-corrected chi connectivity index (χ3v) is 5.70. The Morgan fingerprint density at radius 1 is 0.857 bits per heavy atom. The van der Waals surface area contributed by atoms with Crippen molar-refractivity contribution >= 4 is 34.6 Å². The summed E-state index contributed by atoms with van der Waals surface area (Å²) in [5.74, 6) is -0.192. The van der Waals surface area contributed by atoms with Gasteiger partial charge < -0.3 is 15.5 Å². The van der Waals surface area contributed by atoms with Gasteiger partial charge in [-0.05, 0) is 24.3 Å². The number of rotatable bonds is 3. The van der Waals surface area contributed by atoms with Crippen LogP contribution in [0.3, 0.4) is 0 Å². The molecule has 3 aromatic rings. The lowest BCUT2D eigenvalue weighted by Gasteiger charge is -2.20. The average Bonchev–Trinajstić information content (AvgIpc) is 3.02. The largest absolute Gasteiger partial charge is 0.324 e. The van der Waals surface area contributed by atoms with Crippen molar-refractivity contribution in [3.63, 3.8) is 0 Å².